The van der Waals surface area contributed by atoms with Crippen molar-refractivity contribution in [1.29, 1.82) is 0 Å². The zero-order chi connectivity index (χ0) is 10.8. The van der Waals surface area contributed by atoms with Gasteiger partial charge in [-0.3, -0.25) is 0 Å². The molecule has 78 valence electrons. The maximum atomic E-state index is 13.9. The third-order valence-electron chi connectivity index (χ3n) is 2.29. The Morgan fingerprint density at radius 3 is 1.73 bits per heavy atom. The Labute approximate surface area is 109 Å². The molecular weight excluding hydrogens is 370 g/mol. The molecular formula is C9H2Br2F2S2. The molecule has 0 saturated heterocycles. The zero-order valence-electron chi connectivity index (χ0n) is 6.98. The molecule has 0 aliphatic heterocycles. The lowest BCUT2D eigenvalue weighted by Crippen LogP contribution is -2.09. The summed E-state index contributed by atoms with van der Waals surface area (Å²) in [5, 5.41) is 0. The summed E-state index contributed by atoms with van der Waals surface area (Å²) in [4.78, 5) is 1.38. The predicted octanol–water partition coefficient (Wildman–Crippen LogP) is 5.46. The molecule has 0 spiro atoms. The molecule has 0 aromatic carbocycles. The number of alkyl halides is 2. The van der Waals surface area contributed by atoms with Crippen LogP contribution in [0.3, 0.4) is 0 Å². The van der Waals surface area contributed by atoms with Crippen LogP contribution >= 0.6 is 54.5 Å². The third kappa shape index (κ3) is 1.31. The van der Waals surface area contributed by atoms with Crippen molar-refractivity contribution in [3.05, 3.63) is 30.8 Å². The molecule has 0 N–H and O–H groups in total. The molecule has 2 aromatic rings. The molecule has 3 rings (SSSR count). The lowest BCUT2D eigenvalue weighted by atomic mass is 10.1. The molecule has 6 heteroatoms. The summed E-state index contributed by atoms with van der Waals surface area (Å²) in [6, 6.07) is 3.03. The summed E-state index contributed by atoms with van der Waals surface area (Å²) in [5.74, 6) is -2.84. The van der Waals surface area contributed by atoms with Crippen molar-refractivity contribution in [3.63, 3.8) is 0 Å². The van der Waals surface area contributed by atoms with Crippen LogP contribution in [0.15, 0.2) is 19.7 Å². The quantitative estimate of drug-likeness (QED) is 0.577. The van der Waals surface area contributed by atoms with Gasteiger partial charge < -0.3 is 0 Å². The average Bonchev–Trinajstić information content (AvgIpc) is 2.72. The van der Waals surface area contributed by atoms with Crippen LogP contribution in [0.25, 0.3) is 9.75 Å². The van der Waals surface area contributed by atoms with E-state index in [0.717, 1.165) is 7.57 Å². The molecule has 0 bridgehead atoms. The van der Waals surface area contributed by atoms with E-state index >= 15 is 0 Å². The number of hydrogen-bond donors (Lipinski definition) is 0. The van der Waals surface area contributed by atoms with Crippen LogP contribution in [0, 0.1) is 0 Å². The van der Waals surface area contributed by atoms with E-state index in [1.54, 1.807) is 0 Å². The number of fused-ring (bicyclic) bond motifs is 3. The molecule has 2 aromatic heterocycles. The van der Waals surface area contributed by atoms with Crippen molar-refractivity contribution >= 4 is 54.5 Å². The summed E-state index contributed by atoms with van der Waals surface area (Å²) >= 11 is 9.21. The van der Waals surface area contributed by atoms with Crippen molar-refractivity contribution in [2.75, 3.05) is 0 Å². The molecule has 0 unspecified atom stereocenters. The average molecular weight is 372 g/mol. The van der Waals surface area contributed by atoms with E-state index in [-0.39, 0.29) is 11.1 Å². The molecule has 0 fully saturated rings. The predicted molar refractivity (Wildman–Crippen MR) is 66.0 cm³/mol. The van der Waals surface area contributed by atoms with Crippen LogP contribution in [0.5, 0.6) is 0 Å². The first-order valence-corrected chi connectivity index (χ1v) is 7.20. The number of thiophene rings is 2. The van der Waals surface area contributed by atoms with Gasteiger partial charge in [0.15, 0.2) is 0 Å². The van der Waals surface area contributed by atoms with E-state index in [1.807, 2.05) is 0 Å². The van der Waals surface area contributed by atoms with E-state index in [4.69, 9.17) is 0 Å². The molecule has 0 radical (unpaired) electrons. The molecule has 0 saturated carbocycles. The number of rotatable bonds is 0. The lowest BCUT2D eigenvalue weighted by Gasteiger charge is -2.08. The topological polar surface area (TPSA) is 0 Å². The minimum Gasteiger partial charge on any atom is -0.196 e. The smallest absolute Gasteiger partial charge is 0.196 e. The van der Waals surface area contributed by atoms with E-state index < -0.39 is 5.92 Å². The molecule has 0 amide bonds. The Kier molecular flexibility index (Phi) is 2.16. The van der Waals surface area contributed by atoms with Gasteiger partial charge in [0.2, 0.25) is 0 Å². The Bertz CT molecular complexity index is 508. The summed E-state index contributed by atoms with van der Waals surface area (Å²) in [7, 11) is 0. The summed E-state index contributed by atoms with van der Waals surface area (Å²) < 4.78 is 29.4. The highest BCUT2D eigenvalue weighted by atomic mass is 79.9. The first-order valence-electron chi connectivity index (χ1n) is 3.98. The lowest BCUT2D eigenvalue weighted by molar-refractivity contribution is 0.0484. The maximum Gasteiger partial charge on any atom is 0.301 e. The molecule has 2 heterocycles. The van der Waals surface area contributed by atoms with Crippen molar-refractivity contribution in [1.82, 2.24) is 0 Å². The second-order valence-electron chi connectivity index (χ2n) is 3.16. The van der Waals surface area contributed by atoms with Gasteiger partial charge >= 0.3 is 5.92 Å². The van der Waals surface area contributed by atoms with Crippen LogP contribution in [0.2, 0.25) is 0 Å². The Morgan fingerprint density at radius 2 is 1.33 bits per heavy atom. The maximum absolute atomic E-state index is 13.9. The van der Waals surface area contributed by atoms with Gasteiger partial charge in [-0.1, -0.05) is 0 Å². The van der Waals surface area contributed by atoms with Crippen LogP contribution in [-0.2, 0) is 5.92 Å². The Hall–Kier alpha value is 0.220. The van der Waals surface area contributed by atoms with E-state index in [1.165, 1.54) is 34.8 Å². The second-order valence-corrected chi connectivity index (χ2v) is 8.02. The summed E-state index contributed by atoms with van der Waals surface area (Å²) in [6.07, 6.45) is 0. The van der Waals surface area contributed by atoms with Gasteiger partial charge in [-0.05, 0) is 44.0 Å². The second kappa shape index (κ2) is 3.12. The fourth-order valence-electron chi connectivity index (χ4n) is 1.67. The van der Waals surface area contributed by atoms with Crippen LogP contribution in [-0.4, -0.2) is 0 Å². The normalized spacial score (nSPS) is 16.5. The minimum atomic E-state index is -2.84. The van der Waals surface area contributed by atoms with Gasteiger partial charge in [-0.25, -0.2) is 0 Å². The van der Waals surface area contributed by atoms with Gasteiger partial charge in [0.1, 0.15) is 0 Å². The number of hydrogen-bond acceptors (Lipinski definition) is 2. The van der Waals surface area contributed by atoms with E-state index in [2.05, 4.69) is 31.9 Å². The van der Waals surface area contributed by atoms with Crippen LogP contribution in [0.4, 0.5) is 8.78 Å². The van der Waals surface area contributed by atoms with Crippen molar-refractivity contribution in [2.24, 2.45) is 0 Å². The van der Waals surface area contributed by atoms with Gasteiger partial charge in [0.25, 0.3) is 0 Å². The molecule has 1 aliphatic rings. The monoisotopic (exact) mass is 370 g/mol. The Morgan fingerprint density at radius 1 is 0.933 bits per heavy atom. The zero-order valence-corrected chi connectivity index (χ0v) is 11.8. The SMILES string of the molecule is FC1(F)c2cc(Br)sc2-c2sc(Br)cc21. The highest BCUT2D eigenvalue weighted by Crippen LogP contribution is 2.58. The first kappa shape index (κ1) is 10.4. The van der Waals surface area contributed by atoms with Gasteiger partial charge in [0, 0.05) is 11.1 Å². The fraction of sp³-hybridized carbons (Fsp3) is 0.111. The summed E-state index contributed by atoms with van der Waals surface area (Å²) in [5.41, 5.74) is 0.265. The fourth-order valence-corrected chi connectivity index (χ4v) is 5.09. The van der Waals surface area contributed by atoms with Gasteiger partial charge in [-0.15, -0.1) is 22.7 Å². The van der Waals surface area contributed by atoms with Crippen molar-refractivity contribution < 1.29 is 8.78 Å². The minimum absolute atomic E-state index is 0.133. The van der Waals surface area contributed by atoms with E-state index in [9.17, 15) is 8.78 Å². The summed E-state index contributed by atoms with van der Waals surface area (Å²) in [6.45, 7) is 0. The van der Waals surface area contributed by atoms with Crippen molar-refractivity contribution in [3.8, 4) is 9.75 Å². The van der Waals surface area contributed by atoms with Crippen LogP contribution < -0.4 is 0 Å². The van der Waals surface area contributed by atoms with E-state index in [0.29, 0.717) is 9.75 Å². The number of halogens is 4. The highest BCUT2D eigenvalue weighted by molar-refractivity contribution is 9.11. The first-order chi connectivity index (χ1) is 7.00. The molecule has 15 heavy (non-hydrogen) atoms. The van der Waals surface area contributed by atoms with Crippen LogP contribution in [0.1, 0.15) is 11.1 Å². The van der Waals surface area contributed by atoms with Gasteiger partial charge in [-0.2, -0.15) is 8.78 Å². The Balaban J connectivity index is 2.38. The van der Waals surface area contributed by atoms with Gasteiger partial charge in [0.05, 0.1) is 17.3 Å². The largest absolute Gasteiger partial charge is 0.301 e. The van der Waals surface area contributed by atoms with Crippen molar-refractivity contribution in [2.45, 2.75) is 5.92 Å². The standard InChI is InChI=1S/C9H2Br2F2S2/c10-5-1-3-7(14-5)8-4(9(3,12)13)2-6(11)15-8/h1-2H. The molecule has 1 aliphatic carbocycles. The third-order valence-corrected chi connectivity index (χ3v) is 5.73. The molecule has 0 nitrogen and oxygen atoms in total. The highest BCUT2D eigenvalue weighted by Gasteiger charge is 2.47. The molecule has 0 atom stereocenters.